The molecule has 26 heavy (non-hydrogen) atoms. The number of carbonyl (C=O) groups is 2. The lowest BCUT2D eigenvalue weighted by atomic mass is 10.1. The normalized spacial score (nSPS) is 15.7. The Kier molecular flexibility index (Phi) is 6.83. The third kappa shape index (κ3) is 4.93. The van der Waals surface area contributed by atoms with Gasteiger partial charge in [0, 0.05) is 24.4 Å². The van der Waals surface area contributed by atoms with Gasteiger partial charge in [0.05, 0.1) is 10.9 Å². The number of halogens is 1. The van der Waals surface area contributed by atoms with E-state index in [1.54, 1.807) is 6.07 Å². The van der Waals surface area contributed by atoms with Crippen LogP contribution >= 0.6 is 22.9 Å². The number of benzene rings is 1. The minimum absolute atomic E-state index is 0.0253. The average molecular weight is 391 g/mol. The minimum atomic E-state index is -0.0915. The molecular formula is C20H23ClN2O2S. The van der Waals surface area contributed by atoms with Gasteiger partial charge in [0.15, 0.2) is 5.78 Å². The third-order valence-corrected chi connectivity index (χ3v) is 5.97. The summed E-state index contributed by atoms with van der Waals surface area (Å²) in [6.07, 6.45) is 2.80. The summed E-state index contributed by atoms with van der Waals surface area (Å²) in [5.41, 5.74) is 1.05. The van der Waals surface area contributed by atoms with Gasteiger partial charge in [0.25, 0.3) is 0 Å². The number of hydrogen-bond acceptors (Lipinski definition) is 4. The molecule has 1 amide bonds. The van der Waals surface area contributed by atoms with Crippen LogP contribution in [0.2, 0.25) is 5.02 Å². The topological polar surface area (TPSA) is 49.4 Å². The number of thiophene rings is 1. The highest BCUT2D eigenvalue weighted by Gasteiger charge is 2.25. The summed E-state index contributed by atoms with van der Waals surface area (Å²) in [7, 11) is 0. The molecule has 2 heterocycles. The van der Waals surface area contributed by atoms with E-state index in [0.717, 1.165) is 23.7 Å². The second kappa shape index (κ2) is 9.31. The molecule has 1 unspecified atom stereocenters. The Bertz CT molecular complexity index is 742. The summed E-state index contributed by atoms with van der Waals surface area (Å²) in [4.78, 5) is 27.4. The van der Waals surface area contributed by atoms with E-state index in [4.69, 9.17) is 11.6 Å². The summed E-state index contributed by atoms with van der Waals surface area (Å²) in [5.74, 6) is -0.0662. The van der Waals surface area contributed by atoms with Crippen LogP contribution in [0.3, 0.4) is 0 Å². The van der Waals surface area contributed by atoms with Crippen molar-refractivity contribution in [3.63, 3.8) is 0 Å². The zero-order chi connectivity index (χ0) is 18.4. The van der Waals surface area contributed by atoms with E-state index < -0.39 is 0 Å². The molecule has 1 aromatic heterocycles. The molecule has 0 spiro atoms. The molecule has 138 valence electrons. The molecule has 1 saturated heterocycles. The van der Waals surface area contributed by atoms with Crippen molar-refractivity contribution in [2.45, 2.75) is 31.7 Å². The van der Waals surface area contributed by atoms with Crippen LogP contribution in [0.1, 0.15) is 47.0 Å². The van der Waals surface area contributed by atoms with E-state index in [-0.39, 0.29) is 30.6 Å². The number of amides is 1. The maximum Gasteiger partial charge on any atom is 0.220 e. The molecule has 0 saturated carbocycles. The molecule has 6 heteroatoms. The Labute approximate surface area is 163 Å². The molecule has 4 nitrogen and oxygen atoms in total. The fraction of sp³-hybridized carbons (Fsp3) is 0.400. The van der Waals surface area contributed by atoms with Crippen molar-refractivity contribution in [1.29, 1.82) is 0 Å². The Morgan fingerprint density at radius 1 is 1.12 bits per heavy atom. The first kappa shape index (κ1) is 19.1. The third-order valence-electron chi connectivity index (χ3n) is 4.71. The zero-order valence-electron chi connectivity index (χ0n) is 14.6. The lowest BCUT2D eigenvalue weighted by Crippen LogP contribution is -2.37. The lowest BCUT2D eigenvalue weighted by molar-refractivity contribution is -0.121. The van der Waals surface area contributed by atoms with Crippen molar-refractivity contribution < 1.29 is 9.59 Å². The number of hydrogen-bond donors (Lipinski definition) is 1. The second-order valence-corrected chi connectivity index (χ2v) is 7.84. The van der Waals surface area contributed by atoms with E-state index in [2.05, 4.69) is 10.2 Å². The van der Waals surface area contributed by atoms with Crippen molar-refractivity contribution in [3.05, 3.63) is 57.2 Å². The van der Waals surface area contributed by atoms with Gasteiger partial charge in [-0.25, -0.2) is 0 Å². The summed E-state index contributed by atoms with van der Waals surface area (Å²) < 4.78 is 0. The number of nitrogens with one attached hydrogen (secondary N) is 1. The number of nitrogens with zero attached hydrogens (tertiary/aromatic N) is 1. The Morgan fingerprint density at radius 3 is 2.58 bits per heavy atom. The molecule has 1 atom stereocenters. The molecule has 1 aromatic carbocycles. The van der Waals surface area contributed by atoms with Crippen molar-refractivity contribution in [3.8, 4) is 0 Å². The Hall–Kier alpha value is -1.69. The molecular weight excluding hydrogens is 368 g/mol. The molecule has 0 radical (unpaired) electrons. The maximum atomic E-state index is 12.2. The van der Waals surface area contributed by atoms with Gasteiger partial charge in [-0.1, -0.05) is 35.9 Å². The van der Waals surface area contributed by atoms with Crippen molar-refractivity contribution in [1.82, 2.24) is 10.2 Å². The largest absolute Gasteiger partial charge is 0.354 e. The second-order valence-electron chi connectivity index (χ2n) is 6.48. The molecule has 1 aliphatic rings. The van der Waals surface area contributed by atoms with Gasteiger partial charge < -0.3 is 5.32 Å². The number of rotatable bonds is 8. The van der Waals surface area contributed by atoms with E-state index in [1.807, 2.05) is 35.7 Å². The SMILES string of the molecule is O=C(CCC(=O)c1cccs1)NCC(c1ccccc1Cl)N1CCCC1. The zero-order valence-corrected chi connectivity index (χ0v) is 16.2. The fourth-order valence-corrected chi connectivity index (χ4v) is 4.28. The van der Waals surface area contributed by atoms with Crippen LogP contribution in [0.15, 0.2) is 41.8 Å². The van der Waals surface area contributed by atoms with Crippen LogP contribution in [0.25, 0.3) is 0 Å². The highest BCUT2D eigenvalue weighted by molar-refractivity contribution is 7.12. The number of likely N-dealkylation sites (tertiary alicyclic amines) is 1. The predicted octanol–water partition coefficient (Wildman–Crippen LogP) is 4.32. The van der Waals surface area contributed by atoms with Crippen molar-refractivity contribution in [2.24, 2.45) is 0 Å². The van der Waals surface area contributed by atoms with Crippen LogP contribution < -0.4 is 5.32 Å². The van der Waals surface area contributed by atoms with Gasteiger partial charge in [-0.05, 0) is 49.0 Å². The van der Waals surface area contributed by atoms with Crippen LogP contribution in [-0.4, -0.2) is 36.2 Å². The monoisotopic (exact) mass is 390 g/mol. The van der Waals surface area contributed by atoms with Gasteiger partial charge in [0.2, 0.25) is 5.91 Å². The predicted molar refractivity (Wildman–Crippen MR) is 106 cm³/mol. The van der Waals surface area contributed by atoms with Crippen LogP contribution in [0.5, 0.6) is 0 Å². The number of carbonyl (C=O) groups excluding carboxylic acids is 2. The van der Waals surface area contributed by atoms with Gasteiger partial charge in [-0.2, -0.15) is 0 Å². The van der Waals surface area contributed by atoms with Crippen LogP contribution in [-0.2, 0) is 4.79 Å². The van der Waals surface area contributed by atoms with E-state index in [1.165, 1.54) is 24.2 Å². The Balaban J connectivity index is 1.56. The summed E-state index contributed by atoms with van der Waals surface area (Å²) in [6, 6.07) is 11.5. The highest BCUT2D eigenvalue weighted by atomic mass is 35.5. The first-order valence-electron chi connectivity index (χ1n) is 8.97. The summed E-state index contributed by atoms with van der Waals surface area (Å²) in [5, 5.41) is 5.60. The molecule has 1 N–H and O–H groups in total. The highest BCUT2D eigenvalue weighted by Crippen LogP contribution is 2.29. The summed E-state index contributed by atoms with van der Waals surface area (Å²) >= 11 is 7.80. The van der Waals surface area contributed by atoms with Gasteiger partial charge in [-0.3, -0.25) is 14.5 Å². The molecule has 3 rings (SSSR count). The fourth-order valence-electron chi connectivity index (χ4n) is 3.32. The van der Waals surface area contributed by atoms with Crippen molar-refractivity contribution >= 4 is 34.6 Å². The smallest absolute Gasteiger partial charge is 0.220 e. The molecule has 1 fully saturated rings. The Morgan fingerprint density at radius 2 is 1.88 bits per heavy atom. The van der Waals surface area contributed by atoms with Gasteiger partial charge in [0.1, 0.15) is 0 Å². The molecule has 0 aliphatic carbocycles. The average Bonchev–Trinajstić information content (AvgIpc) is 3.35. The summed E-state index contributed by atoms with van der Waals surface area (Å²) in [6.45, 7) is 2.54. The van der Waals surface area contributed by atoms with Crippen LogP contribution in [0.4, 0.5) is 0 Å². The van der Waals surface area contributed by atoms with E-state index >= 15 is 0 Å². The molecule has 2 aromatic rings. The minimum Gasteiger partial charge on any atom is -0.354 e. The van der Waals surface area contributed by atoms with Crippen molar-refractivity contribution in [2.75, 3.05) is 19.6 Å². The first-order valence-corrected chi connectivity index (χ1v) is 10.2. The quantitative estimate of drug-likeness (QED) is 0.683. The number of Topliss-reactive ketones (excluding diaryl/α,β-unsaturated/α-hetero) is 1. The van der Waals surface area contributed by atoms with Crippen LogP contribution in [0, 0.1) is 0 Å². The van der Waals surface area contributed by atoms with Gasteiger partial charge >= 0.3 is 0 Å². The van der Waals surface area contributed by atoms with Gasteiger partial charge in [-0.15, -0.1) is 11.3 Å². The standard InChI is InChI=1S/C20H23ClN2O2S/c21-16-7-2-1-6-15(16)17(23-11-3-4-12-23)14-22-20(25)10-9-18(24)19-8-5-13-26-19/h1-2,5-8,13,17H,3-4,9-12,14H2,(H,22,25). The molecule has 0 bridgehead atoms. The van der Waals surface area contributed by atoms with E-state index in [9.17, 15) is 9.59 Å². The first-order chi connectivity index (χ1) is 12.6. The maximum absolute atomic E-state index is 12.2. The number of ketones is 1. The molecule has 1 aliphatic heterocycles. The lowest BCUT2D eigenvalue weighted by Gasteiger charge is -2.29. The van der Waals surface area contributed by atoms with E-state index in [0.29, 0.717) is 11.4 Å².